The van der Waals surface area contributed by atoms with Crippen molar-refractivity contribution in [1.82, 2.24) is 0 Å². The summed E-state index contributed by atoms with van der Waals surface area (Å²) in [5.74, 6) is 1.52. The van der Waals surface area contributed by atoms with Crippen LogP contribution in [0.15, 0.2) is 58.3 Å². The summed E-state index contributed by atoms with van der Waals surface area (Å²) >= 11 is -1.05. The van der Waals surface area contributed by atoms with Gasteiger partial charge in [0.15, 0.2) is 9.79 Å². The predicted octanol–water partition coefficient (Wildman–Crippen LogP) is 4.61. The van der Waals surface area contributed by atoms with E-state index in [4.69, 9.17) is 0 Å². The lowest BCUT2D eigenvalue weighted by Gasteiger charge is -2.11. The molecule has 0 unspecified atom stereocenters. The summed E-state index contributed by atoms with van der Waals surface area (Å²) in [7, 11) is 0. The smallest absolute Gasteiger partial charge is 0.158 e. The van der Waals surface area contributed by atoms with E-state index in [-0.39, 0.29) is 0 Å². The van der Waals surface area contributed by atoms with Crippen LogP contribution in [0.5, 0.6) is 0 Å². The third-order valence-corrected chi connectivity index (χ3v) is 5.69. The zero-order valence-corrected chi connectivity index (χ0v) is 12.2. The first-order valence-corrected chi connectivity index (χ1v) is 8.58. The van der Waals surface area contributed by atoms with Crippen molar-refractivity contribution in [3.05, 3.63) is 59.7 Å². The standard InChI is InChI=1S/C18H18OS/c19-20(17-9-5-15(6-10-17)13-1-2-13)18-11-7-16(8-12-18)14-3-4-14/h5-14H,1-4H2. The van der Waals surface area contributed by atoms with Gasteiger partial charge in [-0.15, -0.1) is 0 Å². The van der Waals surface area contributed by atoms with E-state index >= 15 is 0 Å². The van der Waals surface area contributed by atoms with E-state index in [1.165, 1.54) is 36.8 Å². The number of benzene rings is 2. The van der Waals surface area contributed by atoms with Crippen LogP contribution >= 0.6 is 0 Å². The molecule has 2 heteroatoms. The first-order chi connectivity index (χ1) is 9.81. The van der Waals surface area contributed by atoms with E-state index in [1.54, 1.807) is 0 Å². The van der Waals surface area contributed by atoms with Crippen LogP contribution in [-0.4, -0.2) is 4.55 Å². The third kappa shape index (κ3) is 2.50. The molecule has 0 spiro atoms. The van der Waals surface area contributed by atoms with Crippen molar-refractivity contribution in [1.29, 1.82) is 0 Å². The van der Waals surface area contributed by atoms with Gasteiger partial charge in [0.1, 0.15) is 0 Å². The maximum Gasteiger partial charge on any atom is 0.158 e. The summed E-state index contributed by atoms with van der Waals surface area (Å²) in [5, 5.41) is 0. The maximum absolute atomic E-state index is 12.6. The van der Waals surface area contributed by atoms with Gasteiger partial charge in [-0.05, 0) is 72.9 Å². The van der Waals surface area contributed by atoms with Gasteiger partial charge >= 0.3 is 0 Å². The molecule has 2 aromatic rings. The zero-order valence-electron chi connectivity index (χ0n) is 11.4. The van der Waals surface area contributed by atoms with E-state index in [9.17, 15) is 4.55 Å². The minimum atomic E-state index is -1.05. The lowest BCUT2D eigenvalue weighted by atomic mass is 10.1. The Bertz CT molecular complexity index is 539. The molecule has 0 atom stereocenters. The average Bonchev–Trinajstić information content (AvgIpc) is 3.40. The van der Waals surface area contributed by atoms with Crippen LogP contribution in [0.4, 0.5) is 0 Å². The molecule has 102 valence electrons. The van der Waals surface area contributed by atoms with Crippen LogP contribution in [0.2, 0.25) is 0 Å². The van der Waals surface area contributed by atoms with Crippen molar-refractivity contribution < 1.29 is 4.55 Å². The Labute approximate surface area is 123 Å². The molecule has 2 aliphatic carbocycles. The summed E-state index contributed by atoms with van der Waals surface area (Å²) in [6, 6.07) is 16.7. The number of hydrogen-bond donors (Lipinski definition) is 0. The van der Waals surface area contributed by atoms with Gasteiger partial charge in [-0.1, -0.05) is 24.3 Å². The molecular formula is C18H18OS. The van der Waals surface area contributed by atoms with Gasteiger partial charge in [-0.3, -0.25) is 0 Å². The molecular weight excluding hydrogens is 264 g/mol. The summed E-state index contributed by atoms with van der Waals surface area (Å²) in [6.07, 6.45) is 5.24. The highest BCUT2D eigenvalue weighted by molar-refractivity contribution is 7.91. The number of hydrogen-bond acceptors (Lipinski definition) is 1. The highest BCUT2D eigenvalue weighted by Crippen LogP contribution is 2.41. The monoisotopic (exact) mass is 282 g/mol. The molecule has 0 N–H and O–H groups in total. The lowest BCUT2D eigenvalue weighted by molar-refractivity contribution is 0.595. The van der Waals surface area contributed by atoms with Crippen molar-refractivity contribution in [2.45, 2.75) is 47.3 Å². The summed E-state index contributed by atoms with van der Waals surface area (Å²) in [4.78, 5) is 1.82. The fourth-order valence-corrected chi connectivity index (χ4v) is 3.74. The van der Waals surface area contributed by atoms with Crippen LogP contribution in [0.25, 0.3) is 0 Å². The van der Waals surface area contributed by atoms with Gasteiger partial charge in [0.2, 0.25) is 0 Å². The average molecular weight is 282 g/mol. The largest absolute Gasteiger partial charge is 0.606 e. The topological polar surface area (TPSA) is 23.1 Å². The Morgan fingerprint density at radius 3 is 1.30 bits per heavy atom. The molecule has 0 bridgehead atoms. The maximum atomic E-state index is 12.6. The van der Waals surface area contributed by atoms with Crippen LogP contribution in [0, 0.1) is 0 Å². The quantitative estimate of drug-likeness (QED) is 0.751. The molecule has 0 aliphatic heterocycles. The molecule has 1 nitrogen and oxygen atoms in total. The molecule has 0 heterocycles. The zero-order chi connectivity index (χ0) is 13.5. The Kier molecular flexibility index (Phi) is 3.08. The Morgan fingerprint density at radius 1 is 0.650 bits per heavy atom. The molecule has 4 rings (SSSR count). The summed E-state index contributed by atoms with van der Waals surface area (Å²) in [6.45, 7) is 0. The van der Waals surface area contributed by atoms with Gasteiger partial charge in [-0.25, -0.2) is 0 Å². The molecule has 2 saturated carbocycles. The molecule has 0 amide bonds. The minimum absolute atomic E-state index is 0.760. The van der Waals surface area contributed by atoms with E-state index in [1.807, 2.05) is 24.3 Å². The lowest BCUT2D eigenvalue weighted by Crippen LogP contribution is -2.02. The van der Waals surface area contributed by atoms with Gasteiger partial charge in [-0.2, -0.15) is 0 Å². The van der Waals surface area contributed by atoms with Gasteiger partial charge in [0.25, 0.3) is 0 Å². The van der Waals surface area contributed by atoms with Gasteiger partial charge in [0.05, 0.1) is 0 Å². The molecule has 0 aromatic heterocycles. The predicted molar refractivity (Wildman–Crippen MR) is 81.5 cm³/mol. The molecule has 2 aliphatic rings. The normalized spacial score (nSPS) is 18.5. The second-order valence-electron chi connectivity index (χ2n) is 5.96. The van der Waals surface area contributed by atoms with E-state index in [0.29, 0.717) is 0 Å². The van der Waals surface area contributed by atoms with Crippen LogP contribution in [0.3, 0.4) is 0 Å². The van der Waals surface area contributed by atoms with Crippen molar-refractivity contribution >= 4 is 11.2 Å². The van der Waals surface area contributed by atoms with Gasteiger partial charge < -0.3 is 4.55 Å². The first-order valence-electron chi connectivity index (χ1n) is 7.43. The third-order valence-electron chi connectivity index (χ3n) is 4.29. The SMILES string of the molecule is [O-][S+](c1ccc(C2CC2)cc1)c1ccc(C2CC2)cc1. The highest BCUT2D eigenvalue weighted by Gasteiger charge is 2.25. The second-order valence-corrected chi connectivity index (χ2v) is 7.44. The van der Waals surface area contributed by atoms with E-state index in [2.05, 4.69) is 24.3 Å². The van der Waals surface area contributed by atoms with Crippen molar-refractivity contribution in [3.8, 4) is 0 Å². The highest BCUT2D eigenvalue weighted by atomic mass is 32.2. The van der Waals surface area contributed by atoms with E-state index < -0.39 is 11.2 Å². The second kappa shape index (κ2) is 4.94. The summed E-state index contributed by atoms with van der Waals surface area (Å²) < 4.78 is 12.6. The Balaban J connectivity index is 1.53. The molecule has 0 radical (unpaired) electrons. The molecule has 2 fully saturated rings. The van der Waals surface area contributed by atoms with Crippen LogP contribution in [0.1, 0.15) is 48.6 Å². The minimum Gasteiger partial charge on any atom is -0.606 e. The fraction of sp³-hybridized carbons (Fsp3) is 0.333. The molecule has 20 heavy (non-hydrogen) atoms. The van der Waals surface area contributed by atoms with Crippen LogP contribution < -0.4 is 0 Å². The first kappa shape index (κ1) is 12.5. The Morgan fingerprint density at radius 2 is 1.00 bits per heavy atom. The molecule has 0 saturated heterocycles. The molecule has 2 aromatic carbocycles. The van der Waals surface area contributed by atoms with Crippen molar-refractivity contribution in [2.75, 3.05) is 0 Å². The summed E-state index contributed by atoms with van der Waals surface area (Å²) in [5.41, 5.74) is 2.80. The van der Waals surface area contributed by atoms with Crippen molar-refractivity contribution in [3.63, 3.8) is 0 Å². The fourth-order valence-electron chi connectivity index (χ4n) is 2.70. The Hall–Kier alpha value is -1.25. The van der Waals surface area contributed by atoms with E-state index in [0.717, 1.165) is 21.6 Å². The number of rotatable bonds is 4. The van der Waals surface area contributed by atoms with Crippen LogP contribution in [-0.2, 0) is 11.2 Å². The van der Waals surface area contributed by atoms with Crippen molar-refractivity contribution in [2.24, 2.45) is 0 Å². The van der Waals surface area contributed by atoms with Gasteiger partial charge in [0, 0.05) is 11.2 Å².